The molecule has 102 valence electrons. The van der Waals surface area contributed by atoms with Crippen molar-refractivity contribution < 1.29 is 5.11 Å². The molecular weight excluding hydrogens is 258 g/mol. The first-order valence-corrected chi connectivity index (χ1v) is 7.48. The van der Waals surface area contributed by atoms with Gasteiger partial charge in [-0.15, -0.1) is 0 Å². The number of hydrogen-bond donors (Lipinski definition) is 3. The highest BCUT2D eigenvalue weighted by molar-refractivity contribution is 7.99. The lowest BCUT2D eigenvalue weighted by Gasteiger charge is -2.23. The number of aliphatic hydroxyl groups is 1. The van der Waals surface area contributed by atoms with Crippen LogP contribution in [0.25, 0.3) is 10.8 Å². The third-order valence-corrected chi connectivity index (χ3v) is 4.45. The van der Waals surface area contributed by atoms with Gasteiger partial charge in [0.2, 0.25) is 0 Å². The van der Waals surface area contributed by atoms with E-state index in [0.717, 1.165) is 22.1 Å². The Hall–Kier alpha value is -1.46. The lowest BCUT2D eigenvalue weighted by molar-refractivity contribution is 0.288. The van der Waals surface area contributed by atoms with Crippen LogP contribution in [0.5, 0.6) is 0 Å². The molecular formula is C14H19N3OS. The summed E-state index contributed by atoms with van der Waals surface area (Å²) < 4.78 is 0. The van der Waals surface area contributed by atoms with E-state index in [9.17, 15) is 5.11 Å². The molecule has 0 radical (unpaired) electrons. The summed E-state index contributed by atoms with van der Waals surface area (Å²) in [6, 6.07) is 6.02. The molecule has 1 heterocycles. The number of hydrogen-bond acceptors (Lipinski definition) is 5. The summed E-state index contributed by atoms with van der Waals surface area (Å²) in [6.07, 6.45) is 5.54. The third kappa shape index (κ3) is 2.93. The number of nitrogen functional groups attached to an aromatic ring is 1. The van der Waals surface area contributed by atoms with Crippen molar-refractivity contribution in [2.24, 2.45) is 0 Å². The number of thioether (sulfide) groups is 1. The molecule has 4 N–H and O–H groups in total. The summed E-state index contributed by atoms with van der Waals surface area (Å²) >= 11 is 1.64. The van der Waals surface area contributed by atoms with Gasteiger partial charge in [0.15, 0.2) is 0 Å². The van der Waals surface area contributed by atoms with Crippen LogP contribution in [0.2, 0.25) is 0 Å². The quantitative estimate of drug-likeness (QED) is 0.732. The van der Waals surface area contributed by atoms with Crippen molar-refractivity contribution in [3.8, 4) is 0 Å². The van der Waals surface area contributed by atoms with E-state index in [-0.39, 0.29) is 17.9 Å². The minimum Gasteiger partial charge on any atom is -0.397 e. The van der Waals surface area contributed by atoms with Crippen LogP contribution in [0.3, 0.4) is 0 Å². The molecule has 0 spiro atoms. The molecule has 0 aliphatic carbocycles. The molecule has 0 aliphatic rings. The highest BCUT2D eigenvalue weighted by Crippen LogP contribution is 2.29. The summed E-state index contributed by atoms with van der Waals surface area (Å²) in [5.74, 6) is 0. The first kappa shape index (κ1) is 14.0. The maximum Gasteiger partial charge on any atom is 0.0630 e. The monoisotopic (exact) mass is 277 g/mol. The van der Waals surface area contributed by atoms with Gasteiger partial charge in [-0.2, -0.15) is 11.8 Å². The van der Waals surface area contributed by atoms with Crippen LogP contribution in [0.15, 0.2) is 30.6 Å². The fraction of sp³-hybridized carbons (Fsp3) is 0.357. The maximum absolute atomic E-state index is 9.32. The number of nitrogens with one attached hydrogen (secondary N) is 1. The Morgan fingerprint density at radius 1 is 1.42 bits per heavy atom. The van der Waals surface area contributed by atoms with E-state index in [1.165, 1.54) is 0 Å². The van der Waals surface area contributed by atoms with E-state index in [2.05, 4.69) is 10.3 Å². The van der Waals surface area contributed by atoms with Crippen molar-refractivity contribution in [1.82, 2.24) is 4.98 Å². The van der Waals surface area contributed by atoms with Gasteiger partial charge in [0, 0.05) is 34.5 Å². The number of benzene rings is 1. The van der Waals surface area contributed by atoms with Crippen LogP contribution in [0.4, 0.5) is 11.4 Å². The molecule has 0 fully saturated rings. The van der Waals surface area contributed by atoms with Crippen LogP contribution < -0.4 is 11.1 Å². The zero-order valence-electron chi connectivity index (χ0n) is 11.1. The Kier molecular flexibility index (Phi) is 4.50. The first-order valence-electron chi connectivity index (χ1n) is 6.19. The average Bonchev–Trinajstić information content (AvgIpc) is 2.43. The normalized spacial score (nSPS) is 14.3. The van der Waals surface area contributed by atoms with E-state index in [4.69, 9.17) is 5.73 Å². The summed E-state index contributed by atoms with van der Waals surface area (Å²) in [5.41, 5.74) is 7.82. The molecule has 2 aromatic rings. The number of aliphatic hydroxyl groups excluding tert-OH is 1. The molecule has 2 atom stereocenters. The largest absolute Gasteiger partial charge is 0.397 e. The number of nitrogens with two attached hydrogens (primary N) is 1. The van der Waals surface area contributed by atoms with Crippen molar-refractivity contribution in [2.75, 3.05) is 23.9 Å². The SMILES string of the molecule is CSC(CO)C(C)Nc1ccc2cnccc2c1N. The minimum absolute atomic E-state index is 0.140. The third-order valence-electron chi connectivity index (χ3n) is 3.29. The van der Waals surface area contributed by atoms with Crippen molar-refractivity contribution in [1.29, 1.82) is 0 Å². The Bertz CT molecular complexity index is 557. The van der Waals surface area contributed by atoms with Crippen LogP contribution in [-0.4, -0.2) is 34.2 Å². The van der Waals surface area contributed by atoms with Crippen LogP contribution in [0, 0.1) is 0 Å². The number of fused-ring (bicyclic) bond motifs is 1. The van der Waals surface area contributed by atoms with Gasteiger partial charge < -0.3 is 16.2 Å². The lowest BCUT2D eigenvalue weighted by Crippen LogP contribution is -2.31. The number of nitrogens with zero attached hydrogens (tertiary/aromatic N) is 1. The van der Waals surface area contributed by atoms with E-state index in [1.807, 2.05) is 31.4 Å². The van der Waals surface area contributed by atoms with Crippen molar-refractivity contribution in [2.45, 2.75) is 18.2 Å². The minimum atomic E-state index is 0.140. The first-order chi connectivity index (χ1) is 9.17. The van der Waals surface area contributed by atoms with Gasteiger partial charge in [-0.05, 0) is 25.3 Å². The van der Waals surface area contributed by atoms with Crippen LogP contribution in [0.1, 0.15) is 6.92 Å². The van der Waals surface area contributed by atoms with Gasteiger partial charge in [-0.3, -0.25) is 4.98 Å². The number of pyridine rings is 1. The molecule has 0 bridgehead atoms. The average molecular weight is 277 g/mol. The smallest absolute Gasteiger partial charge is 0.0630 e. The zero-order valence-corrected chi connectivity index (χ0v) is 11.9. The van der Waals surface area contributed by atoms with E-state index in [0.29, 0.717) is 0 Å². The second-order valence-corrected chi connectivity index (χ2v) is 5.59. The highest BCUT2D eigenvalue weighted by atomic mass is 32.2. The van der Waals surface area contributed by atoms with Crippen LogP contribution >= 0.6 is 11.8 Å². The molecule has 19 heavy (non-hydrogen) atoms. The molecule has 1 aromatic heterocycles. The second kappa shape index (κ2) is 6.12. The molecule has 1 aromatic carbocycles. The predicted molar refractivity (Wildman–Crippen MR) is 83.6 cm³/mol. The standard InChI is InChI=1S/C14H19N3OS/c1-9(13(8-18)19-2)17-12-4-3-10-7-16-6-5-11(10)14(12)15/h3-7,9,13,17-18H,8,15H2,1-2H3. The van der Waals surface area contributed by atoms with E-state index in [1.54, 1.807) is 24.2 Å². The maximum atomic E-state index is 9.32. The number of aromatic nitrogens is 1. The molecule has 0 saturated carbocycles. The Labute approximate surface area is 117 Å². The summed E-state index contributed by atoms with van der Waals surface area (Å²) in [4.78, 5) is 4.09. The van der Waals surface area contributed by atoms with Gasteiger partial charge >= 0.3 is 0 Å². The highest BCUT2D eigenvalue weighted by Gasteiger charge is 2.16. The Morgan fingerprint density at radius 2 is 2.21 bits per heavy atom. The fourth-order valence-corrected chi connectivity index (χ4v) is 2.72. The predicted octanol–water partition coefficient (Wildman–Crippen LogP) is 2.34. The molecule has 0 amide bonds. The van der Waals surface area contributed by atoms with E-state index < -0.39 is 0 Å². The molecule has 2 unspecified atom stereocenters. The van der Waals surface area contributed by atoms with Crippen LogP contribution in [-0.2, 0) is 0 Å². The number of rotatable bonds is 5. The molecule has 4 nitrogen and oxygen atoms in total. The summed E-state index contributed by atoms with van der Waals surface area (Å²) in [7, 11) is 0. The van der Waals surface area contributed by atoms with Crippen molar-refractivity contribution in [3.63, 3.8) is 0 Å². The zero-order chi connectivity index (χ0) is 13.8. The lowest BCUT2D eigenvalue weighted by atomic mass is 10.1. The topological polar surface area (TPSA) is 71.2 Å². The summed E-state index contributed by atoms with van der Waals surface area (Å²) in [5, 5.41) is 14.9. The molecule has 2 rings (SSSR count). The van der Waals surface area contributed by atoms with Gasteiger partial charge in [0.05, 0.1) is 18.0 Å². The van der Waals surface area contributed by atoms with Gasteiger partial charge in [0.25, 0.3) is 0 Å². The second-order valence-electron chi connectivity index (χ2n) is 4.51. The molecule has 5 heteroatoms. The summed E-state index contributed by atoms with van der Waals surface area (Å²) in [6.45, 7) is 2.19. The van der Waals surface area contributed by atoms with Gasteiger partial charge in [0.1, 0.15) is 0 Å². The van der Waals surface area contributed by atoms with Gasteiger partial charge in [-0.25, -0.2) is 0 Å². The van der Waals surface area contributed by atoms with Crippen molar-refractivity contribution >= 4 is 33.9 Å². The van der Waals surface area contributed by atoms with Gasteiger partial charge in [-0.1, -0.05) is 6.07 Å². The number of anilines is 2. The molecule has 0 aliphatic heterocycles. The fourth-order valence-electron chi connectivity index (χ4n) is 2.09. The van der Waals surface area contributed by atoms with E-state index >= 15 is 0 Å². The Balaban J connectivity index is 2.28. The van der Waals surface area contributed by atoms with Crippen molar-refractivity contribution in [3.05, 3.63) is 30.6 Å². The molecule has 0 saturated heterocycles. The Morgan fingerprint density at radius 3 is 2.89 bits per heavy atom.